The number of carbonyl (C=O) groups excluding carboxylic acids is 2. The van der Waals surface area contributed by atoms with Gasteiger partial charge in [-0.3, -0.25) is 9.59 Å². The quantitative estimate of drug-likeness (QED) is 0.785. The van der Waals surface area contributed by atoms with Crippen molar-refractivity contribution in [1.29, 1.82) is 0 Å². The SMILES string of the molecule is COc1ccc(C(=O)C2CCN(C(=O)CC(C)C)CC2)cc1. The fourth-order valence-corrected chi connectivity index (χ4v) is 2.86. The Labute approximate surface area is 132 Å². The van der Waals surface area contributed by atoms with Crippen molar-refractivity contribution in [1.82, 2.24) is 4.90 Å². The third-order valence-corrected chi connectivity index (χ3v) is 4.18. The molecule has 0 bridgehead atoms. The van der Waals surface area contributed by atoms with Crippen molar-refractivity contribution in [2.45, 2.75) is 33.1 Å². The number of amides is 1. The molecule has 0 saturated carbocycles. The number of benzene rings is 1. The minimum Gasteiger partial charge on any atom is -0.497 e. The van der Waals surface area contributed by atoms with Gasteiger partial charge < -0.3 is 9.64 Å². The molecule has 2 rings (SSSR count). The van der Waals surface area contributed by atoms with Gasteiger partial charge in [-0.1, -0.05) is 13.8 Å². The van der Waals surface area contributed by atoms with Gasteiger partial charge in [-0.15, -0.1) is 0 Å². The van der Waals surface area contributed by atoms with Crippen molar-refractivity contribution < 1.29 is 14.3 Å². The number of Topliss-reactive ketones (excluding diaryl/α,β-unsaturated/α-hetero) is 1. The van der Waals surface area contributed by atoms with Gasteiger partial charge in [0.2, 0.25) is 5.91 Å². The third kappa shape index (κ3) is 4.09. The van der Waals surface area contributed by atoms with Crippen LogP contribution in [-0.4, -0.2) is 36.8 Å². The molecule has 120 valence electrons. The van der Waals surface area contributed by atoms with Crippen LogP contribution in [-0.2, 0) is 4.79 Å². The van der Waals surface area contributed by atoms with E-state index in [2.05, 4.69) is 13.8 Å². The highest BCUT2D eigenvalue weighted by molar-refractivity contribution is 5.98. The van der Waals surface area contributed by atoms with Crippen LogP contribution in [0.1, 0.15) is 43.5 Å². The second-order valence-electron chi connectivity index (χ2n) is 6.35. The Balaban J connectivity index is 1.90. The van der Waals surface area contributed by atoms with Gasteiger partial charge in [0.1, 0.15) is 5.75 Å². The number of carbonyl (C=O) groups is 2. The molecular weight excluding hydrogens is 278 g/mol. The van der Waals surface area contributed by atoms with E-state index in [1.54, 1.807) is 7.11 Å². The minimum absolute atomic E-state index is 0.0245. The van der Waals surface area contributed by atoms with Gasteiger partial charge in [-0.25, -0.2) is 0 Å². The first-order valence-corrected chi connectivity index (χ1v) is 7.97. The van der Waals surface area contributed by atoms with Gasteiger partial charge in [-0.05, 0) is 43.0 Å². The summed E-state index contributed by atoms with van der Waals surface area (Å²) in [6.07, 6.45) is 2.11. The van der Waals surface area contributed by atoms with Crippen molar-refractivity contribution in [3.05, 3.63) is 29.8 Å². The molecule has 1 aliphatic rings. The summed E-state index contributed by atoms with van der Waals surface area (Å²) in [5, 5.41) is 0. The third-order valence-electron chi connectivity index (χ3n) is 4.18. The highest BCUT2D eigenvalue weighted by Crippen LogP contribution is 2.23. The molecule has 1 heterocycles. The normalized spacial score (nSPS) is 15.9. The molecule has 4 nitrogen and oxygen atoms in total. The number of likely N-dealkylation sites (tertiary alicyclic amines) is 1. The van der Waals surface area contributed by atoms with Crippen LogP contribution in [0.5, 0.6) is 5.75 Å². The van der Waals surface area contributed by atoms with Crippen molar-refractivity contribution in [2.24, 2.45) is 11.8 Å². The van der Waals surface area contributed by atoms with Crippen LogP contribution in [0.2, 0.25) is 0 Å². The highest BCUT2D eigenvalue weighted by Gasteiger charge is 2.27. The molecule has 1 amide bonds. The molecule has 0 spiro atoms. The van der Waals surface area contributed by atoms with E-state index in [0.29, 0.717) is 25.4 Å². The van der Waals surface area contributed by atoms with Gasteiger partial charge in [0.15, 0.2) is 5.78 Å². The summed E-state index contributed by atoms with van der Waals surface area (Å²) in [6, 6.07) is 7.26. The number of hydrogen-bond donors (Lipinski definition) is 0. The lowest BCUT2D eigenvalue weighted by atomic mass is 9.88. The number of ether oxygens (including phenoxy) is 1. The Morgan fingerprint density at radius 2 is 1.77 bits per heavy atom. The maximum Gasteiger partial charge on any atom is 0.222 e. The van der Waals surface area contributed by atoms with Crippen LogP contribution in [0.25, 0.3) is 0 Å². The maximum atomic E-state index is 12.5. The van der Waals surface area contributed by atoms with Crippen molar-refractivity contribution in [3.63, 3.8) is 0 Å². The number of hydrogen-bond acceptors (Lipinski definition) is 3. The standard InChI is InChI=1S/C18H25NO3/c1-13(2)12-17(20)19-10-8-15(9-11-19)18(21)14-4-6-16(22-3)7-5-14/h4-7,13,15H,8-12H2,1-3H3. The number of nitrogens with zero attached hydrogens (tertiary/aromatic N) is 1. The fraction of sp³-hybridized carbons (Fsp3) is 0.556. The highest BCUT2D eigenvalue weighted by atomic mass is 16.5. The van der Waals surface area contributed by atoms with Gasteiger partial charge in [0, 0.05) is 31.0 Å². The molecule has 0 radical (unpaired) electrons. The first-order chi connectivity index (χ1) is 10.5. The van der Waals surface area contributed by atoms with Gasteiger partial charge >= 0.3 is 0 Å². The summed E-state index contributed by atoms with van der Waals surface area (Å²) in [7, 11) is 1.61. The first-order valence-electron chi connectivity index (χ1n) is 7.97. The summed E-state index contributed by atoms with van der Waals surface area (Å²) in [4.78, 5) is 26.5. The fourth-order valence-electron chi connectivity index (χ4n) is 2.86. The van der Waals surface area contributed by atoms with Gasteiger partial charge in [-0.2, -0.15) is 0 Å². The van der Waals surface area contributed by atoms with Crippen LogP contribution in [0.4, 0.5) is 0 Å². The van der Waals surface area contributed by atoms with E-state index in [9.17, 15) is 9.59 Å². The zero-order valence-corrected chi connectivity index (χ0v) is 13.7. The average Bonchev–Trinajstić information content (AvgIpc) is 2.54. The van der Waals surface area contributed by atoms with E-state index in [0.717, 1.165) is 24.2 Å². The second kappa shape index (κ2) is 7.43. The molecule has 1 aliphatic heterocycles. The predicted octanol–water partition coefficient (Wildman–Crippen LogP) is 3.16. The molecule has 1 fully saturated rings. The summed E-state index contributed by atoms with van der Waals surface area (Å²) in [5.41, 5.74) is 0.729. The first kappa shape index (κ1) is 16.5. The summed E-state index contributed by atoms with van der Waals surface area (Å²) in [5.74, 6) is 1.55. The summed E-state index contributed by atoms with van der Waals surface area (Å²) >= 11 is 0. The predicted molar refractivity (Wildman–Crippen MR) is 86.1 cm³/mol. The number of rotatable bonds is 5. The number of ketones is 1. The Morgan fingerprint density at radius 3 is 2.27 bits per heavy atom. The Bertz CT molecular complexity index is 514. The van der Waals surface area contributed by atoms with Gasteiger partial charge in [0.05, 0.1) is 7.11 Å². The molecule has 0 N–H and O–H groups in total. The lowest BCUT2D eigenvalue weighted by Crippen LogP contribution is -2.40. The lowest BCUT2D eigenvalue weighted by molar-refractivity contribution is -0.133. The van der Waals surface area contributed by atoms with Crippen molar-refractivity contribution >= 4 is 11.7 Å². The number of piperidine rings is 1. The molecule has 0 aromatic heterocycles. The van der Waals surface area contributed by atoms with E-state index >= 15 is 0 Å². The van der Waals surface area contributed by atoms with Crippen molar-refractivity contribution in [2.75, 3.05) is 20.2 Å². The Kier molecular flexibility index (Phi) is 5.58. The molecule has 0 aliphatic carbocycles. The molecule has 1 aromatic carbocycles. The molecular formula is C18H25NO3. The van der Waals surface area contributed by atoms with Crippen LogP contribution in [0.3, 0.4) is 0 Å². The molecule has 1 aromatic rings. The monoisotopic (exact) mass is 303 g/mol. The van der Waals surface area contributed by atoms with Gasteiger partial charge in [0.25, 0.3) is 0 Å². The Hall–Kier alpha value is -1.84. The van der Waals surface area contributed by atoms with Crippen molar-refractivity contribution in [3.8, 4) is 5.75 Å². The van der Waals surface area contributed by atoms with Crippen LogP contribution >= 0.6 is 0 Å². The lowest BCUT2D eigenvalue weighted by Gasteiger charge is -2.31. The maximum absolute atomic E-state index is 12.5. The largest absolute Gasteiger partial charge is 0.497 e. The van der Waals surface area contributed by atoms with Crippen LogP contribution in [0, 0.1) is 11.8 Å². The smallest absolute Gasteiger partial charge is 0.222 e. The summed E-state index contributed by atoms with van der Waals surface area (Å²) in [6.45, 7) is 5.49. The van der Waals surface area contributed by atoms with E-state index in [1.807, 2.05) is 29.2 Å². The van der Waals surface area contributed by atoms with E-state index in [1.165, 1.54) is 0 Å². The zero-order chi connectivity index (χ0) is 16.1. The zero-order valence-electron chi connectivity index (χ0n) is 13.7. The van der Waals surface area contributed by atoms with Crippen LogP contribution < -0.4 is 4.74 Å². The molecule has 0 atom stereocenters. The Morgan fingerprint density at radius 1 is 1.18 bits per heavy atom. The van der Waals surface area contributed by atoms with Crippen LogP contribution in [0.15, 0.2) is 24.3 Å². The topological polar surface area (TPSA) is 46.6 Å². The number of methoxy groups -OCH3 is 1. The molecule has 22 heavy (non-hydrogen) atoms. The van der Waals surface area contributed by atoms with E-state index < -0.39 is 0 Å². The molecule has 0 unspecified atom stereocenters. The minimum atomic E-state index is 0.0245. The molecule has 1 saturated heterocycles. The second-order valence-corrected chi connectivity index (χ2v) is 6.35. The van der Waals surface area contributed by atoms with E-state index in [-0.39, 0.29) is 17.6 Å². The summed E-state index contributed by atoms with van der Waals surface area (Å²) < 4.78 is 5.11. The molecule has 4 heteroatoms. The average molecular weight is 303 g/mol. The van der Waals surface area contributed by atoms with E-state index in [4.69, 9.17) is 4.74 Å².